The molecule has 0 saturated carbocycles. The van der Waals surface area contributed by atoms with Gasteiger partial charge in [-0.25, -0.2) is 0 Å². The Labute approximate surface area is 91.4 Å². The molecule has 0 aromatic heterocycles. The molecule has 2 unspecified atom stereocenters. The molecule has 3 nitrogen and oxygen atoms in total. The molecule has 0 aromatic rings. The molecule has 15 heavy (non-hydrogen) atoms. The highest BCUT2D eigenvalue weighted by Crippen LogP contribution is 2.50. The lowest BCUT2D eigenvalue weighted by atomic mass is 9.80. The van der Waals surface area contributed by atoms with Gasteiger partial charge >= 0.3 is 5.97 Å². The molecule has 1 rings (SSSR count). The fraction of sp³-hybridized carbons (Fsp3) is 0.750. The number of esters is 1. The monoisotopic (exact) mass is 212 g/mol. The summed E-state index contributed by atoms with van der Waals surface area (Å²) >= 11 is 0. The SMILES string of the molecule is C=CCC(C)(C)C1OC1(C)CC(=O)OC. The predicted octanol–water partition coefficient (Wildman–Crippen LogP) is 2.31. The summed E-state index contributed by atoms with van der Waals surface area (Å²) in [5, 5.41) is 0. The fourth-order valence-corrected chi connectivity index (χ4v) is 2.19. The lowest BCUT2D eigenvalue weighted by molar-refractivity contribution is -0.141. The van der Waals surface area contributed by atoms with Crippen LogP contribution in [-0.2, 0) is 14.3 Å². The van der Waals surface area contributed by atoms with Crippen molar-refractivity contribution in [3.05, 3.63) is 12.7 Å². The molecule has 0 N–H and O–H groups in total. The van der Waals surface area contributed by atoms with Gasteiger partial charge in [-0.15, -0.1) is 6.58 Å². The van der Waals surface area contributed by atoms with Crippen molar-refractivity contribution in [3.8, 4) is 0 Å². The Morgan fingerprint density at radius 2 is 2.27 bits per heavy atom. The zero-order valence-electron chi connectivity index (χ0n) is 10.0. The topological polar surface area (TPSA) is 38.8 Å². The van der Waals surface area contributed by atoms with Gasteiger partial charge in [0.2, 0.25) is 0 Å². The second kappa shape index (κ2) is 3.97. The van der Waals surface area contributed by atoms with Gasteiger partial charge in [-0.05, 0) is 18.8 Å². The van der Waals surface area contributed by atoms with Crippen molar-refractivity contribution in [2.24, 2.45) is 5.41 Å². The van der Waals surface area contributed by atoms with Crippen LogP contribution in [0.1, 0.15) is 33.6 Å². The summed E-state index contributed by atoms with van der Waals surface area (Å²) in [5.41, 5.74) is -0.315. The van der Waals surface area contributed by atoms with Gasteiger partial charge in [0, 0.05) is 0 Å². The molecule has 1 aliphatic heterocycles. The van der Waals surface area contributed by atoms with E-state index in [4.69, 9.17) is 4.74 Å². The summed E-state index contributed by atoms with van der Waals surface area (Å²) in [6.07, 6.45) is 3.21. The average Bonchev–Trinajstić information content (AvgIpc) is 2.78. The highest BCUT2D eigenvalue weighted by Gasteiger charge is 2.59. The number of allylic oxidation sites excluding steroid dienone is 1. The Morgan fingerprint density at radius 1 is 1.67 bits per heavy atom. The molecular weight excluding hydrogens is 192 g/mol. The molecule has 0 aromatic carbocycles. The molecular formula is C12H20O3. The number of epoxide rings is 1. The zero-order chi connectivity index (χ0) is 11.7. The summed E-state index contributed by atoms with van der Waals surface area (Å²) in [6, 6.07) is 0. The van der Waals surface area contributed by atoms with Crippen molar-refractivity contribution in [1.82, 2.24) is 0 Å². The molecule has 1 saturated heterocycles. The van der Waals surface area contributed by atoms with E-state index >= 15 is 0 Å². The Morgan fingerprint density at radius 3 is 2.73 bits per heavy atom. The first-order valence-electron chi connectivity index (χ1n) is 5.21. The number of hydrogen-bond acceptors (Lipinski definition) is 3. The van der Waals surface area contributed by atoms with Crippen LogP contribution in [0, 0.1) is 5.41 Å². The lowest BCUT2D eigenvalue weighted by Gasteiger charge is -2.21. The van der Waals surface area contributed by atoms with Crippen LogP contribution in [-0.4, -0.2) is 24.8 Å². The minimum Gasteiger partial charge on any atom is -0.469 e. The maximum atomic E-state index is 11.2. The summed E-state index contributed by atoms with van der Waals surface area (Å²) < 4.78 is 10.3. The average molecular weight is 212 g/mol. The standard InChI is InChI=1S/C12H20O3/c1-6-7-11(2,3)10-12(4,15-10)8-9(13)14-5/h6,10H,1,7-8H2,2-5H3. The van der Waals surface area contributed by atoms with Crippen LogP contribution in [0.25, 0.3) is 0 Å². The maximum Gasteiger partial charge on any atom is 0.308 e. The number of carbonyl (C=O) groups is 1. The van der Waals surface area contributed by atoms with E-state index in [0.717, 1.165) is 6.42 Å². The molecule has 0 radical (unpaired) electrons. The van der Waals surface area contributed by atoms with Crippen molar-refractivity contribution in [3.63, 3.8) is 0 Å². The normalized spacial score (nSPS) is 29.7. The second-order valence-corrected chi connectivity index (χ2v) is 5.04. The number of ether oxygens (including phenoxy) is 2. The van der Waals surface area contributed by atoms with Crippen LogP contribution >= 0.6 is 0 Å². The Kier molecular flexibility index (Phi) is 3.24. The number of hydrogen-bond donors (Lipinski definition) is 0. The van der Waals surface area contributed by atoms with Crippen molar-refractivity contribution in [1.29, 1.82) is 0 Å². The summed E-state index contributed by atoms with van der Waals surface area (Å²) in [5.74, 6) is -0.214. The first kappa shape index (κ1) is 12.2. The second-order valence-electron chi connectivity index (χ2n) is 5.04. The fourth-order valence-electron chi connectivity index (χ4n) is 2.19. The first-order chi connectivity index (χ1) is 6.85. The van der Waals surface area contributed by atoms with Gasteiger partial charge in [-0.2, -0.15) is 0 Å². The van der Waals surface area contributed by atoms with Gasteiger partial charge in [0.25, 0.3) is 0 Å². The third-order valence-corrected chi connectivity index (χ3v) is 2.99. The minimum atomic E-state index is -0.348. The number of methoxy groups -OCH3 is 1. The summed E-state index contributed by atoms with van der Waals surface area (Å²) in [6.45, 7) is 9.95. The van der Waals surface area contributed by atoms with Crippen molar-refractivity contribution in [2.75, 3.05) is 7.11 Å². The molecule has 2 atom stereocenters. The van der Waals surface area contributed by atoms with Gasteiger partial charge in [-0.1, -0.05) is 19.9 Å². The van der Waals surface area contributed by atoms with E-state index in [2.05, 4.69) is 25.2 Å². The maximum absolute atomic E-state index is 11.2. The molecule has 1 heterocycles. The largest absolute Gasteiger partial charge is 0.469 e. The van der Waals surface area contributed by atoms with E-state index in [1.54, 1.807) is 0 Å². The summed E-state index contributed by atoms with van der Waals surface area (Å²) in [4.78, 5) is 11.2. The van der Waals surface area contributed by atoms with E-state index < -0.39 is 0 Å². The van der Waals surface area contributed by atoms with Crippen LogP contribution in [0.4, 0.5) is 0 Å². The Bertz CT molecular complexity index is 270. The zero-order valence-corrected chi connectivity index (χ0v) is 10.0. The van der Waals surface area contributed by atoms with Gasteiger partial charge < -0.3 is 9.47 Å². The predicted molar refractivity (Wildman–Crippen MR) is 58.5 cm³/mol. The van der Waals surface area contributed by atoms with Crippen molar-refractivity contribution < 1.29 is 14.3 Å². The minimum absolute atomic E-state index is 0.0323. The van der Waals surface area contributed by atoms with Crippen molar-refractivity contribution >= 4 is 5.97 Å². The van der Waals surface area contributed by atoms with Crippen LogP contribution in [0.5, 0.6) is 0 Å². The molecule has 0 amide bonds. The molecule has 1 fully saturated rings. The first-order valence-corrected chi connectivity index (χ1v) is 5.21. The molecule has 1 aliphatic rings. The lowest BCUT2D eigenvalue weighted by Crippen LogP contribution is -2.27. The smallest absolute Gasteiger partial charge is 0.308 e. The van der Waals surface area contributed by atoms with E-state index in [1.807, 2.05) is 13.0 Å². The molecule has 0 bridgehead atoms. The Balaban J connectivity index is 2.57. The van der Waals surface area contributed by atoms with Gasteiger partial charge in [0.15, 0.2) is 0 Å². The molecule has 0 spiro atoms. The van der Waals surface area contributed by atoms with Gasteiger partial charge in [0.1, 0.15) is 5.60 Å². The van der Waals surface area contributed by atoms with Gasteiger partial charge in [-0.3, -0.25) is 4.79 Å². The highest BCUT2D eigenvalue weighted by molar-refractivity contribution is 5.71. The van der Waals surface area contributed by atoms with Crippen LogP contribution < -0.4 is 0 Å². The molecule has 3 heteroatoms. The molecule has 0 aliphatic carbocycles. The van der Waals surface area contributed by atoms with Gasteiger partial charge in [0.05, 0.1) is 19.6 Å². The quantitative estimate of drug-likeness (QED) is 0.399. The van der Waals surface area contributed by atoms with E-state index in [-0.39, 0.29) is 23.1 Å². The number of carbonyl (C=O) groups excluding carboxylic acids is 1. The van der Waals surface area contributed by atoms with E-state index in [1.165, 1.54) is 7.11 Å². The highest BCUT2D eigenvalue weighted by atomic mass is 16.6. The van der Waals surface area contributed by atoms with Crippen LogP contribution in [0.3, 0.4) is 0 Å². The van der Waals surface area contributed by atoms with E-state index in [9.17, 15) is 4.79 Å². The Hall–Kier alpha value is -0.830. The summed E-state index contributed by atoms with van der Waals surface area (Å²) in [7, 11) is 1.40. The third-order valence-electron chi connectivity index (χ3n) is 2.99. The third kappa shape index (κ3) is 2.59. The van der Waals surface area contributed by atoms with E-state index in [0.29, 0.717) is 6.42 Å². The number of rotatable bonds is 5. The van der Waals surface area contributed by atoms with Crippen LogP contribution in [0.15, 0.2) is 12.7 Å². The van der Waals surface area contributed by atoms with Crippen LogP contribution in [0.2, 0.25) is 0 Å². The van der Waals surface area contributed by atoms with Crippen molar-refractivity contribution in [2.45, 2.75) is 45.3 Å². The molecule has 86 valence electrons.